The molecule has 3 heteroatoms. The van der Waals surface area contributed by atoms with Crippen LogP contribution in [0.15, 0.2) is 79.1 Å². The van der Waals surface area contributed by atoms with Crippen LogP contribution in [0, 0.1) is 0 Å². The van der Waals surface area contributed by atoms with Gasteiger partial charge in [0.2, 0.25) is 0 Å². The number of aromatic nitrogens is 2. The van der Waals surface area contributed by atoms with E-state index < -0.39 is 0 Å². The number of imidazole rings is 1. The van der Waals surface area contributed by atoms with Crippen LogP contribution in [-0.4, -0.2) is 9.38 Å². The first-order valence-corrected chi connectivity index (χ1v) is 7.47. The molecule has 0 bridgehead atoms. The third kappa shape index (κ3) is 2.38. The second-order valence-corrected chi connectivity index (χ2v) is 5.62. The Balaban J connectivity index is 1.73. The topological polar surface area (TPSA) is 17.3 Å². The molecule has 0 atom stereocenters. The molecule has 0 saturated heterocycles. The minimum atomic E-state index is 0.698. The number of nitrogens with zero attached hydrogens (tertiary/aromatic N) is 2. The highest BCUT2D eigenvalue weighted by Crippen LogP contribution is 2.25. The lowest BCUT2D eigenvalue weighted by Gasteiger charge is -2.02. The molecule has 22 heavy (non-hydrogen) atoms. The maximum absolute atomic E-state index is 6.01. The van der Waals surface area contributed by atoms with Crippen LogP contribution in [0.25, 0.3) is 28.0 Å². The van der Waals surface area contributed by atoms with Gasteiger partial charge in [-0.05, 0) is 17.2 Å². The summed E-state index contributed by atoms with van der Waals surface area (Å²) in [4.78, 5) is 4.62. The maximum Gasteiger partial charge on any atom is 0.138 e. The Hall–Kier alpha value is -2.58. The third-order valence-corrected chi connectivity index (χ3v) is 3.95. The number of benzene rings is 2. The monoisotopic (exact) mass is 304 g/mol. The third-order valence-electron chi connectivity index (χ3n) is 3.71. The van der Waals surface area contributed by atoms with Gasteiger partial charge in [-0.15, -0.1) is 0 Å². The Kier molecular flexibility index (Phi) is 3.17. The Bertz CT molecular complexity index is 925. The summed E-state index contributed by atoms with van der Waals surface area (Å²) in [6, 6.07) is 22.5. The predicted molar refractivity (Wildman–Crippen MR) is 91.1 cm³/mol. The average Bonchev–Trinajstić information content (AvgIpc) is 2.99. The number of rotatable bonds is 2. The highest BCUT2D eigenvalue weighted by molar-refractivity contribution is 6.30. The Morgan fingerprint density at radius 2 is 1.45 bits per heavy atom. The van der Waals surface area contributed by atoms with Gasteiger partial charge in [-0.25, -0.2) is 4.98 Å². The first-order valence-electron chi connectivity index (χ1n) is 7.10. The van der Waals surface area contributed by atoms with Crippen LogP contribution in [0.1, 0.15) is 0 Å². The van der Waals surface area contributed by atoms with Crippen molar-refractivity contribution in [3.8, 4) is 22.4 Å². The van der Waals surface area contributed by atoms with Crippen molar-refractivity contribution in [3.05, 3.63) is 84.1 Å². The summed E-state index contributed by atoms with van der Waals surface area (Å²) in [7, 11) is 0. The van der Waals surface area contributed by atoms with Gasteiger partial charge in [-0.1, -0.05) is 66.2 Å². The molecule has 2 heterocycles. The molecule has 0 aliphatic carbocycles. The molecule has 2 aromatic carbocycles. The maximum atomic E-state index is 6.01. The molecule has 0 aliphatic heterocycles. The fourth-order valence-corrected chi connectivity index (χ4v) is 2.71. The van der Waals surface area contributed by atoms with Crippen molar-refractivity contribution in [2.24, 2.45) is 0 Å². The second-order valence-electron chi connectivity index (χ2n) is 5.18. The van der Waals surface area contributed by atoms with E-state index in [4.69, 9.17) is 11.6 Å². The minimum absolute atomic E-state index is 0.698. The van der Waals surface area contributed by atoms with Gasteiger partial charge in [0.25, 0.3) is 0 Å². The molecule has 0 unspecified atom stereocenters. The molecule has 2 nitrogen and oxygen atoms in total. The van der Waals surface area contributed by atoms with Crippen molar-refractivity contribution in [3.63, 3.8) is 0 Å². The average molecular weight is 305 g/mol. The van der Waals surface area contributed by atoms with Gasteiger partial charge in [-0.3, -0.25) is 0 Å². The largest absolute Gasteiger partial charge is 0.306 e. The van der Waals surface area contributed by atoms with E-state index in [-0.39, 0.29) is 0 Å². The van der Waals surface area contributed by atoms with Crippen LogP contribution in [0.4, 0.5) is 0 Å². The molecule has 0 spiro atoms. The summed E-state index contributed by atoms with van der Waals surface area (Å²) in [5.41, 5.74) is 5.32. The Morgan fingerprint density at radius 1 is 0.773 bits per heavy atom. The molecule has 0 fully saturated rings. The van der Waals surface area contributed by atoms with E-state index in [0.29, 0.717) is 5.02 Å². The lowest BCUT2D eigenvalue weighted by molar-refractivity contribution is 1.19. The first kappa shape index (κ1) is 13.1. The van der Waals surface area contributed by atoms with Gasteiger partial charge < -0.3 is 4.40 Å². The standard InChI is InChI=1S/C19H13ClN2/c20-17-10-11-22-13-18(21-19(22)12-17)16-8-6-15(7-9-16)14-4-2-1-3-5-14/h1-13H. The molecule has 0 amide bonds. The van der Waals surface area contributed by atoms with Crippen molar-refractivity contribution in [1.82, 2.24) is 9.38 Å². The summed E-state index contributed by atoms with van der Waals surface area (Å²) in [6.07, 6.45) is 3.94. The molecule has 106 valence electrons. The van der Waals surface area contributed by atoms with Gasteiger partial charge in [0, 0.05) is 29.0 Å². The second kappa shape index (κ2) is 5.32. The van der Waals surface area contributed by atoms with Gasteiger partial charge in [-0.2, -0.15) is 0 Å². The van der Waals surface area contributed by atoms with E-state index in [1.54, 1.807) is 0 Å². The van der Waals surface area contributed by atoms with E-state index in [1.165, 1.54) is 11.1 Å². The zero-order valence-electron chi connectivity index (χ0n) is 11.8. The summed E-state index contributed by atoms with van der Waals surface area (Å²) >= 11 is 6.01. The van der Waals surface area contributed by atoms with Gasteiger partial charge >= 0.3 is 0 Å². The number of halogens is 1. The minimum Gasteiger partial charge on any atom is -0.306 e. The van der Waals surface area contributed by atoms with E-state index in [0.717, 1.165) is 16.9 Å². The summed E-state index contributed by atoms with van der Waals surface area (Å²) < 4.78 is 1.98. The number of hydrogen-bond acceptors (Lipinski definition) is 1. The van der Waals surface area contributed by atoms with E-state index in [1.807, 2.05) is 35.0 Å². The van der Waals surface area contributed by atoms with Gasteiger partial charge in [0.15, 0.2) is 0 Å². The van der Waals surface area contributed by atoms with Gasteiger partial charge in [0.05, 0.1) is 5.69 Å². The number of fused-ring (bicyclic) bond motifs is 1. The van der Waals surface area contributed by atoms with Crippen molar-refractivity contribution < 1.29 is 0 Å². The van der Waals surface area contributed by atoms with Crippen molar-refractivity contribution in [1.29, 1.82) is 0 Å². The Labute approximate surface area is 133 Å². The molecule has 2 aromatic heterocycles. The van der Waals surface area contributed by atoms with Gasteiger partial charge in [0.1, 0.15) is 5.65 Å². The van der Waals surface area contributed by atoms with E-state index in [2.05, 4.69) is 53.5 Å². The summed E-state index contributed by atoms with van der Waals surface area (Å²) in [5, 5.41) is 0.698. The Morgan fingerprint density at radius 3 is 2.23 bits per heavy atom. The van der Waals surface area contributed by atoms with Crippen molar-refractivity contribution in [2.75, 3.05) is 0 Å². The van der Waals surface area contributed by atoms with Crippen molar-refractivity contribution in [2.45, 2.75) is 0 Å². The lowest BCUT2D eigenvalue weighted by atomic mass is 10.0. The smallest absolute Gasteiger partial charge is 0.138 e. The van der Waals surface area contributed by atoms with Crippen LogP contribution in [0.2, 0.25) is 5.02 Å². The molecule has 4 rings (SSSR count). The lowest BCUT2D eigenvalue weighted by Crippen LogP contribution is -1.80. The van der Waals surface area contributed by atoms with Crippen LogP contribution in [-0.2, 0) is 0 Å². The number of pyridine rings is 1. The summed E-state index contributed by atoms with van der Waals surface area (Å²) in [5.74, 6) is 0. The predicted octanol–water partition coefficient (Wildman–Crippen LogP) is 5.32. The molecular weight excluding hydrogens is 292 g/mol. The highest BCUT2D eigenvalue weighted by atomic mass is 35.5. The highest BCUT2D eigenvalue weighted by Gasteiger charge is 2.05. The zero-order valence-corrected chi connectivity index (χ0v) is 12.5. The molecule has 0 saturated carbocycles. The quantitative estimate of drug-likeness (QED) is 0.490. The molecule has 4 aromatic rings. The molecule has 0 radical (unpaired) electrons. The zero-order chi connectivity index (χ0) is 14.9. The molecular formula is C19H13ClN2. The van der Waals surface area contributed by atoms with E-state index >= 15 is 0 Å². The van der Waals surface area contributed by atoms with Crippen molar-refractivity contribution >= 4 is 17.2 Å². The van der Waals surface area contributed by atoms with Crippen LogP contribution >= 0.6 is 11.6 Å². The SMILES string of the molecule is Clc1ccn2cc(-c3ccc(-c4ccccc4)cc3)nc2c1. The fourth-order valence-electron chi connectivity index (χ4n) is 2.56. The van der Waals surface area contributed by atoms with E-state index in [9.17, 15) is 0 Å². The van der Waals surface area contributed by atoms with Crippen LogP contribution in [0.3, 0.4) is 0 Å². The fraction of sp³-hybridized carbons (Fsp3) is 0. The normalized spacial score (nSPS) is 11.0. The van der Waals surface area contributed by atoms with Crippen LogP contribution < -0.4 is 0 Å². The molecule has 0 aliphatic rings. The number of hydrogen-bond donors (Lipinski definition) is 0. The molecule has 0 N–H and O–H groups in total. The first-order chi connectivity index (χ1) is 10.8. The van der Waals surface area contributed by atoms with Crippen LogP contribution in [0.5, 0.6) is 0 Å². The summed E-state index contributed by atoms with van der Waals surface area (Å²) in [6.45, 7) is 0.